The lowest BCUT2D eigenvalue weighted by atomic mass is 9.96. The Labute approximate surface area is 157 Å². The molecule has 0 N–H and O–H groups in total. The Morgan fingerprint density at radius 3 is 2.60 bits per heavy atom. The van der Waals surface area contributed by atoms with E-state index in [2.05, 4.69) is 41.3 Å². The van der Waals surface area contributed by atoms with Crippen molar-refractivity contribution in [3.8, 4) is 0 Å². The summed E-state index contributed by atoms with van der Waals surface area (Å²) in [4.78, 5) is 8.64. The molecule has 1 atom stereocenters. The van der Waals surface area contributed by atoms with Gasteiger partial charge in [-0.2, -0.15) is 0 Å². The Morgan fingerprint density at radius 1 is 1.04 bits per heavy atom. The summed E-state index contributed by atoms with van der Waals surface area (Å²) in [5.41, 5.74) is 2.66. The fraction of sp³-hybridized carbons (Fsp3) is 0.400. The summed E-state index contributed by atoms with van der Waals surface area (Å²) in [6, 6.07) is 12.4. The van der Waals surface area contributed by atoms with Gasteiger partial charge in [0.1, 0.15) is 5.82 Å². The summed E-state index contributed by atoms with van der Waals surface area (Å²) >= 11 is 3.51. The van der Waals surface area contributed by atoms with Gasteiger partial charge < -0.3 is 4.90 Å². The van der Waals surface area contributed by atoms with Gasteiger partial charge in [-0.15, -0.1) is 11.8 Å². The van der Waals surface area contributed by atoms with Gasteiger partial charge in [-0.05, 0) is 61.2 Å². The van der Waals surface area contributed by atoms with E-state index in [0.29, 0.717) is 6.04 Å². The van der Waals surface area contributed by atoms with Crippen molar-refractivity contribution in [1.82, 2.24) is 9.80 Å². The second kappa shape index (κ2) is 7.31. The summed E-state index contributed by atoms with van der Waals surface area (Å²) in [7, 11) is 2.19. The molecule has 1 fully saturated rings. The normalized spacial score (nSPS) is 21.5. The quantitative estimate of drug-likeness (QED) is 0.712. The van der Waals surface area contributed by atoms with E-state index in [-0.39, 0.29) is 5.82 Å². The number of nitrogens with zero attached hydrogens (tertiary/aromatic N) is 2. The van der Waals surface area contributed by atoms with E-state index in [1.165, 1.54) is 20.9 Å². The van der Waals surface area contributed by atoms with E-state index in [0.717, 1.165) is 37.5 Å². The molecule has 0 bridgehead atoms. The Hall–Kier alpha value is -1.01. The molecule has 2 aromatic rings. The highest BCUT2D eigenvalue weighted by Gasteiger charge is 2.29. The zero-order chi connectivity index (χ0) is 17.4. The van der Waals surface area contributed by atoms with Crippen LogP contribution >= 0.6 is 23.5 Å². The molecule has 1 saturated heterocycles. The third kappa shape index (κ3) is 3.61. The number of thioether (sulfide) groups is 1. The number of rotatable bonds is 2. The van der Waals surface area contributed by atoms with Crippen LogP contribution in [-0.2, 0) is 6.42 Å². The highest BCUT2D eigenvalue weighted by Crippen LogP contribution is 2.44. The van der Waals surface area contributed by atoms with Crippen LogP contribution in [0.5, 0.6) is 0 Å². The highest BCUT2D eigenvalue weighted by atomic mass is 32.2. The zero-order valence-corrected chi connectivity index (χ0v) is 16.3. The van der Waals surface area contributed by atoms with Gasteiger partial charge in [0.25, 0.3) is 0 Å². The first-order chi connectivity index (χ1) is 12.1. The van der Waals surface area contributed by atoms with Crippen molar-refractivity contribution in [2.24, 2.45) is 0 Å². The predicted octanol–water partition coefficient (Wildman–Crippen LogP) is 4.54. The van der Waals surface area contributed by atoms with Crippen molar-refractivity contribution in [3.63, 3.8) is 0 Å². The summed E-state index contributed by atoms with van der Waals surface area (Å²) in [5.74, 6) is -0.147. The van der Waals surface area contributed by atoms with Gasteiger partial charge in [-0.1, -0.05) is 17.8 Å². The van der Waals surface area contributed by atoms with Gasteiger partial charge in [-0.3, -0.25) is 4.90 Å². The molecule has 132 valence electrons. The van der Waals surface area contributed by atoms with Crippen LogP contribution in [0.4, 0.5) is 4.39 Å². The van der Waals surface area contributed by atoms with Crippen LogP contribution in [0.25, 0.3) is 0 Å². The largest absolute Gasteiger partial charge is 0.304 e. The summed E-state index contributed by atoms with van der Waals surface area (Å²) in [5, 5.41) is 0. The van der Waals surface area contributed by atoms with Crippen LogP contribution in [0, 0.1) is 5.82 Å². The lowest BCUT2D eigenvalue weighted by Gasteiger charge is -2.38. The van der Waals surface area contributed by atoms with Crippen molar-refractivity contribution in [1.29, 1.82) is 0 Å². The maximum absolute atomic E-state index is 13.8. The zero-order valence-electron chi connectivity index (χ0n) is 14.7. The second-order valence-electron chi connectivity index (χ2n) is 6.82. The van der Waals surface area contributed by atoms with E-state index < -0.39 is 0 Å². The first-order valence-corrected chi connectivity index (χ1v) is 10.7. The van der Waals surface area contributed by atoms with Crippen LogP contribution < -0.4 is 0 Å². The van der Waals surface area contributed by atoms with Gasteiger partial charge in [-0.25, -0.2) is 4.39 Å². The molecule has 2 nitrogen and oxygen atoms in total. The molecule has 25 heavy (non-hydrogen) atoms. The standard InChI is InChI=1S/C20H23FN2S2/c1-22-7-9-23(10-8-22)18-11-14-3-4-15(21)12-20(14)25-19-6-5-16(24-2)13-17(18)19/h3-6,12-13,18H,7-11H2,1-2H3/t18-/m0/s1. The molecule has 0 amide bonds. The van der Waals surface area contributed by atoms with Gasteiger partial charge in [0, 0.05) is 46.9 Å². The van der Waals surface area contributed by atoms with Crippen LogP contribution in [0.1, 0.15) is 17.2 Å². The smallest absolute Gasteiger partial charge is 0.124 e. The second-order valence-corrected chi connectivity index (χ2v) is 8.78. The van der Waals surface area contributed by atoms with Crippen molar-refractivity contribution < 1.29 is 4.39 Å². The number of piperazine rings is 1. The average Bonchev–Trinajstić information content (AvgIpc) is 2.78. The summed E-state index contributed by atoms with van der Waals surface area (Å²) in [6.45, 7) is 4.39. The number of benzene rings is 2. The maximum atomic E-state index is 13.8. The molecule has 0 spiro atoms. The first-order valence-electron chi connectivity index (χ1n) is 8.71. The topological polar surface area (TPSA) is 6.48 Å². The van der Waals surface area contributed by atoms with Crippen molar-refractivity contribution in [2.75, 3.05) is 39.5 Å². The number of halogens is 1. The van der Waals surface area contributed by atoms with Crippen LogP contribution in [0.15, 0.2) is 51.1 Å². The van der Waals surface area contributed by atoms with Gasteiger partial charge >= 0.3 is 0 Å². The third-order valence-corrected chi connectivity index (χ3v) is 7.13. The molecule has 0 unspecified atom stereocenters. The molecule has 2 aromatic carbocycles. The molecule has 0 saturated carbocycles. The van der Waals surface area contributed by atoms with Crippen molar-refractivity contribution >= 4 is 23.5 Å². The van der Waals surface area contributed by atoms with E-state index in [1.807, 2.05) is 6.07 Å². The molecule has 2 aliphatic heterocycles. The minimum Gasteiger partial charge on any atom is -0.304 e. The van der Waals surface area contributed by atoms with Gasteiger partial charge in [0.15, 0.2) is 0 Å². The van der Waals surface area contributed by atoms with Crippen LogP contribution in [-0.4, -0.2) is 49.3 Å². The molecule has 2 aliphatic rings. The highest BCUT2D eigenvalue weighted by molar-refractivity contribution is 7.99. The Kier molecular flexibility index (Phi) is 5.09. The van der Waals surface area contributed by atoms with E-state index in [1.54, 1.807) is 35.7 Å². The molecule has 5 heteroatoms. The summed E-state index contributed by atoms with van der Waals surface area (Å²) in [6.07, 6.45) is 3.08. The Bertz CT molecular complexity index is 772. The fourth-order valence-corrected chi connectivity index (χ4v) is 5.28. The SMILES string of the molecule is CSc1ccc2c(c1)[C@@H](N1CCN(C)CC1)Cc1ccc(F)cc1S2. The number of hydrogen-bond acceptors (Lipinski definition) is 4. The van der Waals surface area contributed by atoms with E-state index in [4.69, 9.17) is 0 Å². The summed E-state index contributed by atoms with van der Waals surface area (Å²) < 4.78 is 13.8. The van der Waals surface area contributed by atoms with E-state index in [9.17, 15) is 4.39 Å². The van der Waals surface area contributed by atoms with Gasteiger partial charge in [0.2, 0.25) is 0 Å². The average molecular weight is 375 g/mol. The predicted molar refractivity (Wildman–Crippen MR) is 104 cm³/mol. The minimum atomic E-state index is -0.147. The minimum absolute atomic E-state index is 0.147. The Balaban J connectivity index is 1.77. The fourth-order valence-electron chi connectivity index (χ4n) is 3.70. The number of hydrogen-bond donors (Lipinski definition) is 0. The third-order valence-electron chi connectivity index (χ3n) is 5.22. The lowest BCUT2D eigenvalue weighted by molar-refractivity contribution is 0.109. The number of fused-ring (bicyclic) bond motifs is 2. The first kappa shape index (κ1) is 17.4. The van der Waals surface area contributed by atoms with Crippen LogP contribution in [0.3, 0.4) is 0 Å². The molecular weight excluding hydrogens is 351 g/mol. The van der Waals surface area contributed by atoms with Crippen molar-refractivity contribution in [3.05, 3.63) is 53.3 Å². The number of likely N-dealkylation sites (N-methyl/N-ethyl adjacent to an activating group) is 1. The Morgan fingerprint density at radius 2 is 1.84 bits per heavy atom. The molecule has 0 aliphatic carbocycles. The lowest BCUT2D eigenvalue weighted by Crippen LogP contribution is -2.46. The monoisotopic (exact) mass is 374 g/mol. The van der Waals surface area contributed by atoms with Crippen molar-refractivity contribution in [2.45, 2.75) is 27.1 Å². The van der Waals surface area contributed by atoms with Gasteiger partial charge in [0.05, 0.1) is 0 Å². The molecular formula is C20H23FN2S2. The van der Waals surface area contributed by atoms with E-state index >= 15 is 0 Å². The maximum Gasteiger partial charge on any atom is 0.124 e. The molecule has 2 heterocycles. The molecule has 4 rings (SSSR count). The molecule has 0 radical (unpaired) electrons. The molecule has 0 aromatic heterocycles. The van der Waals surface area contributed by atoms with Crippen LogP contribution in [0.2, 0.25) is 0 Å².